The predicted molar refractivity (Wildman–Crippen MR) is 187 cm³/mol. The summed E-state index contributed by atoms with van der Waals surface area (Å²) in [4.78, 5) is 0. The standard InChI is InChI=1S/C39H66O13/c1-20(2)6-5-7-25(43)23-12-14-37(3)24(23)8-9-28-38(37,4)13-10-21-16-22(11-15-39(21,28)19-42)49-36-34(32(47)30(45)27(18-41)51-36)52-35-33(48)31(46)29(44)26(17-40)50-35/h6,21-36,40-48H,5,7-19H2,1-4H3/t21?,22?,23?,24?,25?,26-,27-,28?,29-,30-,31+,32+,33-,34-,35+,36-,37?,38?,39?/m1/s1. The minimum Gasteiger partial charge on any atom is -0.396 e. The Morgan fingerprint density at radius 2 is 1.40 bits per heavy atom. The number of hydrogen-bond acceptors (Lipinski definition) is 13. The van der Waals surface area contributed by atoms with Gasteiger partial charge < -0.3 is 64.9 Å². The van der Waals surface area contributed by atoms with Crippen molar-refractivity contribution in [3.63, 3.8) is 0 Å². The fourth-order valence-electron chi connectivity index (χ4n) is 12.1. The molecule has 19 atom stereocenters. The molecule has 13 nitrogen and oxygen atoms in total. The Hall–Kier alpha value is -0.780. The molecule has 2 aliphatic heterocycles. The molecule has 4 aliphatic carbocycles. The van der Waals surface area contributed by atoms with Gasteiger partial charge in [-0.15, -0.1) is 0 Å². The van der Waals surface area contributed by atoms with Crippen LogP contribution >= 0.6 is 0 Å². The summed E-state index contributed by atoms with van der Waals surface area (Å²) >= 11 is 0. The molecule has 2 saturated heterocycles. The molecule has 6 rings (SSSR count). The quantitative estimate of drug-likeness (QED) is 0.107. The Morgan fingerprint density at radius 3 is 2.06 bits per heavy atom. The van der Waals surface area contributed by atoms with Crippen molar-refractivity contribution >= 4 is 0 Å². The van der Waals surface area contributed by atoms with Crippen molar-refractivity contribution < 1.29 is 64.9 Å². The SMILES string of the molecule is CC(C)=CCCC(O)C1CCC2(C)C1CCC1C3(CO)CCC(O[C@@H]4O[C@H](CO)[C@@H](O)[C@H](O)[C@H]4O[C@@H]4O[C@H](CO)[C@@H](O)[C@H](O)[C@H]4O)CC3CCC12C. The second kappa shape index (κ2) is 16.0. The Morgan fingerprint density at radius 1 is 0.750 bits per heavy atom. The number of rotatable bonds is 11. The van der Waals surface area contributed by atoms with Gasteiger partial charge in [0.25, 0.3) is 0 Å². The summed E-state index contributed by atoms with van der Waals surface area (Å²) in [6.45, 7) is 7.92. The largest absolute Gasteiger partial charge is 0.396 e. The van der Waals surface area contributed by atoms with Crippen molar-refractivity contribution in [3.8, 4) is 0 Å². The van der Waals surface area contributed by atoms with E-state index in [1.807, 2.05) is 0 Å². The molecule has 0 amide bonds. The molecule has 6 aliphatic rings. The molecule has 0 aromatic rings. The minimum absolute atomic E-state index is 0.0165. The maximum absolute atomic E-state index is 11.4. The van der Waals surface area contributed by atoms with E-state index in [0.29, 0.717) is 30.6 Å². The maximum Gasteiger partial charge on any atom is 0.187 e. The third kappa shape index (κ3) is 6.96. The van der Waals surface area contributed by atoms with Gasteiger partial charge in [-0.1, -0.05) is 25.5 Å². The number of aliphatic hydroxyl groups is 9. The van der Waals surface area contributed by atoms with Crippen LogP contribution in [0.5, 0.6) is 0 Å². The maximum atomic E-state index is 11.4. The highest BCUT2D eigenvalue weighted by Crippen LogP contribution is 2.74. The fourth-order valence-corrected chi connectivity index (χ4v) is 12.1. The average molecular weight is 743 g/mol. The van der Waals surface area contributed by atoms with Crippen LogP contribution in [0.3, 0.4) is 0 Å². The summed E-state index contributed by atoms with van der Waals surface area (Å²) < 4.78 is 23.9. The molecule has 52 heavy (non-hydrogen) atoms. The molecule has 9 unspecified atom stereocenters. The summed E-state index contributed by atoms with van der Waals surface area (Å²) in [5, 5.41) is 95.3. The predicted octanol–water partition coefficient (Wildman–Crippen LogP) is 1.12. The van der Waals surface area contributed by atoms with Crippen molar-refractivity contribution in [2.45, 2.75) is 172 Å². The molecule has 0 aromatic carbocycles. The smallest absolute Gasteiger partial charge is 0.187 e. The van der Waals surface area contributed by atoms with Crippen LogP contribution in [-0.4, -0.2) is 139 Å². The number of hydrogen-bond donors (Lipinski definition) is 9. The molecule has 0 radical (unpaired) electrons. The molecule has 9 N–H and O–H groups in total. The van der Waals surface area contributed by atoms with E-state index in [1.54, 1.807) is 0 Å². The highest BCUT2D eigenvalue weighted by molar-refractivity contribution is 5.16. The van der Waals surface area contributed by atoms with Crippen molar-refractivity contribution in [1.82, 2.24) is 0 Å². The summed E-state index contributed by atoms with van der Waals surface area (Å²) in [7, 11) is 0. The zero-order chi connectivity index (χ0) is 37.7. The van der Waals surface area contributed by atoms with Gasteiger partial charge in [-0.3, -0.25) is 0 Å². The van der Waals surface area contributed by atoms with Crippen LogP contribution < -0.4 is 0 Å². The van der Waals surface area contributed by atoms with Gasteiger partial charge in [-0.25, -0.2) is 0 Å². The molecule has 300 valence electrons. The van der Waals surface area contributed by atoms with Crippen LogP contribution in [0.1, 0.15) is 98.3 Å². The lowest BCUT2D eigenvalue weighted by atomic mass is 9.37. The van der Waals surface area contributed by atoms with Crippen LogP contribution in [0.4, 0.5) is 0 Å². The third-order valence-corrected chi connectivity index (χ3v) is 15.3. The zero-order valence-corrected chi connectivity index (χ0v) is 31.4. The van der Waals surface area contributed by atoms with Crippen molar-refractivity contribution in [2.24, 2.45) is 39.9 Å². The van der Waals surface area contributed by atoms with Gasteiger partial charge in [-0.2, -0.15) is 0 Å². The van der Waals surface area contributed by atoms with Crippen LogP contribution in [0.2, 0.25) is 0 Å². The van der Waals surface area contributed by atoms with Crippen molar-refractivity contribution in [3.05, 3.63) is 11.6 Å². The van der Waals surface area contributed by atoms with E-state index in [9.17, 15) is 46.0 Å². The first kappa shape index (κ1) is 40.9. The topological polar surface area (TPSA) is 219 Å². The highest BCUT2D eigenvalue weighted by Gasteiger charge is 2.68. The number of ether oxygens (including phenoxy) is 4. The van der Waals surface area contributed by atoms with Crippen LogP contribution in [0, 0.1) is 39.9 Å². The number of allylic oxidation sites excluding steroid dienone is 2. The van der Waals surface area contributed by atoms with Gasteiger partial charge in [-0.05, 0) is 124 Å². The molecular weight excluding hydrogens is 676 g/mol. The lowest BCUT2D eigenvalue weighted by Crippen LogP contribution is -2.65. The Bertz CT molecular complexity index is 1230. The van der Waals surface area contributed by atoms with Crippen LogP contribution in [-0.2, 0) is 18.9 Å². The van der Waals surface area contributed by atoms with Gasteiger partial charge >= 0.3 is 0 Å². The van der Waals surface area contributed by atoms with Crippen molar-refractivity contribution in [2.75, 3.05) is 19.8 Å². The first-order valence-electron chi connectivity index (χ1n) is 19.8. The zero-order valence-electron chi connectivity index (χ0n) is 31.4. The highest BCUT2D eigenvalue weighted by atomic mass is 16.8. The molecular formula is C39H66O13. The molecule has 4 saturated carbocycles. The van der Waals surface area contributed by atoms with Crippen LogP contribution in [0.15, 0.2) is 11.6 Å². The first-order chi connectivity index (χ1) is 24.6. The Balaban J connectivity index is 1.16. The lowest BCUT2D eigenvalue weighted by molar-refractivity contribution is -0.373. The number of aliphatic hydroxyl groups excluding tert-OH is 9. The fraction of sp³-hybridized carbons (Fsp3) is 0.949. The summed E-state index contributed by atoms with van der Waals surface area (Å²) in [6.07, 6.45) is -3.66. The van der Waals surface area contributed by atoms with Gasteiger partial charge in [0, 0.05) is 6.61 Å². The average Bonchev–Trinajstić information content (AvgIpc) is 3.49. The van der Waals surface area contributed by atoms with E-state index in [2.05, 4.69) is 33.8 Å². The monoisotopic (exact) mass is 742 g/mol. The van der Waals surface area contributed by atoms with E-state index in [0.717, 1.165) is 57.8 Å². The first-order valence-corrected chi connectivity index (χ1v) is 19.8. The summed E-state index contributed by atoms with van der Waals surface area (Å²) in [5.74, 6) is 1.23. The molecule has 0 spiro atoms. The van der Waals surface area contributed by atoms with E-state index in [1.165, 1.54) is 5.57 Å². The third-order valence-electron chi connectivity index (χ3n) is 15.3. The van der Waals surface area contributed by atoms with E-state index in [4.69, 9.17) is 18.9 Å². The second-order valence-electron chi connectivity index (χ2n) is 17.9. The molecule has 2 heterocycles. The minimum atomic E-state index is -1.74. The van der Waals surface area contributed by atoms with Gasteiger partial charge in [0.1, 0.15) is 48.8 Å². The lowest BCUT2D eigenvalue weighted by Gasteiger charge is -2.68. The molecule has 0 bridgehead atoms. The normalized spacial score (nSPS) is 51.2. The second-order valence-corrected chi connectivity index (χ2v) is 17.9. The Labute approximate surface area is 307 Å². The molecule has 6 fully saturated rings. The van der Waals surface area contributed by atoms with Gasteiger partial charge in [0.05, 0.1) is 25.4 Å². The van der Waals surface area contributed by atoms with Gasteiger partial charge in [0.15, 0.2) is 12.6 Å². The summed E-state index contributed by atoms with van der Waals surface area (Å²) in [6, 6.07) is 0. The van der Waals surface area contributed by atoms with Gasteiger partial charge in [0.2, 0.25) is 0 Å². The Kier molecular flexibility index (Phi) is 12.6. The molecule has 13 heteroatoms. The van der Waals surface area contributed by atoms with Crippen molar-refractivity contribution in [1.29, 1.82) is 0 Å². The van der Waals surface area contributed by atoms with E-state index >= 15 is 0 Å². The van der Waals surface area contributed by atoms with Crippen LogP contribution in [0.25, 0.3) is 0 Å². The van der Waals surface area contributed by atoms with E-state index < -0.39 is 74.6 Å². The summed E-state index contributed by atoms with van der Waals surface area (Å²) in [5.41, 5.74) is 1.08. The van der Waals surface area contributed by atoms with E-state index in [-0.39, 0.29) is 41.0 Å². The molecule has 0 aromatic heterocycles. The number of fused-ring (bicyclic) bond motifs is 5.